The zero-order valence-electron chi connectivity index (χ0n) is 17.6. The first kappa shape index (κ1) is 20.2. The number of fused-ring (bicyclic) bond motifs is 1. The molecule has 32 heavy (non-hydrogen) atoms. The highest BCUT2D eigenvalue weighted by Crippen LogP contribution is 2.30. The van der Waals surface area contributed by atoms with Gasteiger partial charge in [0.15, 0.2) is 5.82 Å². The van der Waals surface area contributed by atoms with Crippen molar-refractivity contribution in [2.24, 2.45) is 5.92 Å². The van der Waals surface area contributed by atoms with Gasteiger partial charge in [0.1, 0.15) is 5.82 Å². The third-order valence-corrected chi connectivity index (χ3v) is 5.85. The lowest BCUT2D eigenvalue weighted by Gasteiger charge is -2.34. The van der Waals surface area contributed by atoms with Gasteiger partial charge in [0.25, 0.3) is 5.89 Å². The van der Waals surface area contributed by atoms with Gasteiger partial charge in [-0.15, -0.1) is 0 Å². The summed E-state index contributed by atoms with van der Waals surface area (Å²) in [6, 6.07) is 10.6. The minimum absolute atomic E-state index is 0.0771. The Morgan fingerprint density at radius 1 is 1.34 bits per heavy atom. The molecule has 2 N–H and O–H groups in total. The summed E-state index contributed by atoms with van der Waals surface area (Å²) >= 11 is 0. The highest BCUT2D eigenvalue weighted by atomic mass is 19.1. The van der Waals surface area contributed by atoms with E-state index < -0.39 is 0 Å². The number of aromatic nitrogens is 4. The van der Waals surface area contributed by atoms with Crippen LogP contribution < -0.4 is 10.2 Å². The number of H-pyrrole nitrogens is 1. The third kappa shape index (κ3) is 3.81. The number of carbonyl (C=O) groups excluding carboxylic acids is 1. The maximum absolute atomic E-state index is 15.0. The minimum Gasteiger partial charge on any atom is -0.368 e. The average molecular weight is 434 g/mol. The number of benzene rings is 2. The molecule has 1 aliphatic rings. The number of rotatable bonds is 5. The Kier molecular flexibility index (Phi) is 5.30. The van der Waals surface area contributed by atoms with Crippen molar-refractivity contribution < 1.29 is 13.7 Å². The first-order chi connectivity index (χ1) is 15.6. The Balaban J connectivity index is 1.31. The minimum atomic E-state index is -0.373. The molecule has 2 aromatic heterocycles. The van der Waals surface area contributed by atoms with Crippen LogP contribution in [0.15, 0.2) is 47.1 Å². The highest BCUT2D eigenvalue weighted by Gasteiger charge is 2.28. The smallest absolute Gasteiger partial charge is 0.258 e. The molecule has 3 heterocycles. The molecule has 0 radical (unpaired) electrons. The van der Waals surface area contributed by atoms with Crippen molar-refractivity contribution in [1.82, 2.24) is 20.3 Å². The van der Waals surface area contributed by atoms with Crippen LogP contribution in [-0.2, 0) is 11.2 Å². The Hall–Kier alpha value is -3.75. The number of para-hydroxylation sites is 1. The molecule has 1 unspecified atom stereocenters. The molecule has 5 rings (SSSR count). The quantitative estimate of drug-likeness (QED) is 0.489. The summed E-state index contributed by atoms with van der Waals surface area (Å²) in [7, 11) is 0. The van der Waals surface area contributed by atoms with Gasteiger partial charge in [-0.1, -0.05) is 24.2 Å². The van der Waals surface area contributed by atoms with Crippen LogP contribution >= 0.6 is 0 Å². The van der Waals surface area contributed by atoms with Gasteiger partial charge in [-0.2, -0.15) is 10.1 Å². The number of halogens is 1. The van der Waals surface area contributed by atoms with E-state index in [1.165, 1.54) is 6.07 Å². The molecule has 9 heteroatoms. The SMILES string of the molecule is CCc1noc(-c2ccc(N3CCCC(C(=O)Nc4cccc5cn[nH]c45)C3)c(F)c2)n1. The Morgan fingerprint density at radius 2 is 2.25 bits per heavy atom. The summed E-state index contributed by atoms with van der Waals surface area (Å²) in [5.74, 6) is 0.189. The normalized spacial score (nSPS) is 16.4. The van der Waals surface area contributed by atoms with Crippen molar-refractivity contribution in [3.63, 3.8) is 0 Å². The van der Waals surface area contributed by atoms with Gasteiger partial charge in [0, 0.05) is 30.5 Å². The van der Waals surface area contributed by atoms with Gasteiger partial charge in [-0.25, -0.2) is 4.39 Å². The molecule has 0 bridgehead atoms. The van der Waals surface area contributed by atoms with Crippen LogP contribution in [0.1, 0.15) is 25.6 Å². The monoisotopic (exact) mass is 434 g/mol. The first-order valence-electron chi connectivity index (χ1n) is 10.7. The van der Waals surface area contributed by atoms with Crippen LogP contribution in [-0.4, -0.2) is 39.3 Å². The fraction of sp³-hybridized carbons (Fsp3) is 0.304. The molecule has 0 spiro atoms. The number of nitrogens with one attached hydrogen (secondary N) is 2. The number of aromatic amines is 1. The number of nitrogens with zero attached hydrogens (tertiary/aromatic N) is 4. The van der Waals surface area contributed by atoms with Gasteiger partial charge in [-0.3, -0.25) is 9.89 Å². The van der Waals surface area contributed by atoms with Gasteiger partial charge >= 0.3 is 0 Å². The van der Waals surface area contributed by atoms with Crippen LogP contribution in [0.4, 0.5) is 15.8 Å². The lowest BCUT2D eigenvalue weighted by Crippen LogP contribution is -2.41. The molecular formula is C23H23FN6O2. The summed E-state index contributed by atoms with van der Waals surface area (Å²) in [5.41, 5.74) is 2.50. The Bertz CT molecular complexity index is 1270. The van der Waals surface area contributed by atoms with Crippen LogP contribution in [0, 0.1) is 11.7 Å². The lowest BCUT2D eigenvalue weighted by molar-refractivity contribution is -0.120. The summed E-state index contributed by atoms with van der Waals surface area (Å²) in [6.07, 6.45) is 3.92. The van der Waals surface area contributed by atoms with Crippen molar-refractivity contribution in [3.05, 3.63) is 54.2 Å². The topological polar surface area (TPSA) is 99.9 Å². The second kappa shape index (κ2) is 8.41. The molecule has 1 aliphatic heterocycles. The molecule has 1 saturated heterocycles. The van der Waals surface area contributed by atoms with Gasteiger partial charge in [0.2, 0.25) is 5.91 Å². The number of hydrogen-bond donors (Lipinski definition) is 2. The van der Waals surface area contributed by atoms with E-state index in [1.807, 2.05) is 30.0 Å². The summed E-state index contributed by atoms with van der Waals surface area (Å²) in [4.78, 5) is 19.2. The molecule has 0 aliphatic carbocycles. The van der Waals surface area contributed by atoms with Crippen molar-refractivity contribution in [1.29, 1.82) is 0 Å². The van der Waals surface area contributed by atoms with E-state index in [-0.39, 0.29) is 17.6 Å². The number of carbonyl (C=O) groups is 1. The zero-order chi connectivity index (χ0) is 22.1. The molecule has 1 atom stereocenters. The predicted octanol–water partition coefficient (Wildman–Crippen LogP) is 4.17. The number of aryl methyl sites for hydroxylation is 1. The molecule has 2 aromatic carbocycles. The molecule has 164 valence electrons. The van der Waals surface area contributed by atoms with Gasteiger partial charge in [0.05, 0.1) is 29.0 Å². The van der Waals surface area contributed by atoms with E-state index in [4.69, 9.17) is 4.52 Å². The van der Waals surface area contributed by atoms with Crippen molar-refractivity contribution in [2.75, 3.05) is 23.3 Å². The van der Waals surface area contributed by atoms with Crippen LogP contribution in [0.25, 0.3) is 22.4 Å². The predicted molar refractivity (Wildman–Crippen MR) is 119 cm³/mol. The van der Waals surface area contributed by atoms with Crippen molar-refractivity contribution >= 4 is 28.2 Å². The molecule has 1 fully saturated rings. The lowest BCUT2D eigenvalue weighted by atomic mass is 9.96. The fourth-order valence-corrected chi connectivity index (χ4v) is 4.13. The van der Waals surface area contributed by atoms with Crippen molar-refractivity contribution in [3.8, 4) is 11.5 Å². The molecule has 4 aromatic rings. The van der Waals surface area contributed by atoms with Crippen LogP contribution in [0.3, 0.4) is 0 Å². The van der Waals surface area contributed by atoms with Crippen molar-refractivity contribution in [2.45, 2.75) is 26.2 Å². The molecule has 1 amide bonds. The average Bonchev–Trinajstić information content (AvgIpc) is 3.49. The number of piperidine rings is 1. The maximum Gasteiger partial charge on any atom is 0.258 e. The van der Waals surface area contributed by atoms with E-state index in [9.17, 15) is 9.18 Å². The maximum atomic E-state index is 15.0. The molecule has 0 saturated carbocycles. The summed E-state index contributed by atoms with van der Waals surface area (Å²) < 4.78 is 20.2. The molecular weight excluding hydrogens is 411 g/mol. The Labute approximate surface area is 183 Å². The van der Waals surface area contributed by atoms with Crippen LogP contribution in [0.5, 0.6) is 0 Å². The summed E-state index contributed by atoms with van der Waals surface area (Å²) in [5, 5.41) is 14.8. The number of anilines is 2. The zero-order valence-corrected chi connectivity index (χ0v) is 17.6. The number of hydrogen-bond acceptors (Lipinski definition) is 6. The molecule has 8 nitrogen and oxygen atoms in total. The van der Waals surface area contributed by atoms with E-state index in [1.54, 1.807) is 18.3 Å². The number of amides is 1. The van der Waals surface area contributed by atoms with E-state index in [2.05, 4.69) is 25.7 Å². The van der Waals surface area contributed by atoms with E-state index in [0.29, 0.717) is 48.2 Å². The second-order valence-electron chi connectivity index (χ2n) is 7.95. The standard InChI is InChI=1S/C23H23FN6O2/c1-2-20-27-23(32-29-20)14-8-9-19(17(24)11-14)30-10-4-6-16(13-30)22(31)26-18-7-3-5-15-12-25-28-21(15)18/h3,5,7-9,11-12,16H,2,4,6,10,13H2,1H3,(H,25,28)(H,26,31). The highest BCUT2D eigenvalue weighted by molar-refractivity contribution is 6.01. The largest absolute Gasteiger partial charge is 0.368 e. The third-order valence-electron chi connectivity index (χ3n) is 5.85. The van der Waals surface area contributed by atoms with E-state index >= 15 is 0 Å². The second-order valence-corrected chi connectivity index (χ2v) is 7.95. The van der Waals surface area contributed by atoms with Gasteiger partial charge in [-0.05, 0) is 37.1 Å². The van der Waals surface area contributed by atoms with Gasteiger partial charge < -0.3 is 14.7 Å². The van der Waals surface area contributed by atoms with E-state index in [0.717, 1.165) is 23.7 Å². The fourth-order valence-electron chi connectivity index (χ4n) is 4.13. The Morgan fingerprint density at radius 3 is 3.06 bits per heavy atom. The summed E-state index contributed by atoms with van der Waals surface area (Å²) in [6.45, 7) is 3.06. The van der Waals surface area contributed by atoms with Crippen LogP contribution in [0.2, 0.25) is 0 Å². The first-order valence-corrected chi connectivity index (χ1v) is 10.7.